The Morgan fingerprint density at radius 1 is 1.52 bits per heavy atom. The van der Waals surface area contributed by atoms with E-state index in [9.17, 15) is 9.59 Å². The molecule has 0 spiro atoms. The van der Waals surface area contributed by atoms with Crippen LogP contribution in [0, 0.1) is 12.8 Å². The van der Waals surface area contributed by atoms with Gasteiger partial charge in [-0.2, -0.15) is 0 Å². The van der Waals surface area contributed by atoms with Crippen LogP contribution in [0.4, 0.5) is 0 Å². The molecule has 128 valence electrons. The van der Waals surface area contributed by atoms with Crippen molar-refractivity contribution >= 4 is 23.2 Å². The second-order valence-electron chi connectivity index (χ2n) is 5.87. The van der Waals surface area contributed by atoms with Gasteiger partial charge in [-0.3, -0.25) is 4.79 Å². The SMILES string of the molecule is CCOC(=O)c1sc(C(C)NC(=O)CCC2CCNC2)nc1C. The number of esters is 1. The first-order chi connectivity index (χ1) is 11.0. The molecule has 1 fully saturated rings. The third-order valence-electron chi connectivity index (χ3n) is 3.96. The van der Waals surface area contributed by atoms with Crippen molar-refractivity contribution in [1.29, 1.82) is 0 Å². The van der Waals surface area contributed by atoms with Gasteiger partial charge in [-0.1, -0.05) is 0 Å². The first-order valence-electron chi connectivity index (χ1n) is 8.15. The van der Waals surface area contributed by atoms with Gasteiger partial charge in [0.1, 0.15) is 9.88 Å². The average molecular weight is 339 g/mol. The minimum atomic E-state index is -0.346. The summed E-state index contributed by atoms with van der Waals surface area (Å²) in [4.78, 5) is 28.8. The quantitative estimate of drug-likeness (QED) is 0.745. The number of aromatic nitrogens is 1. The largest absolute Gasteiger partial charge is 0.462 e. The van der Waals surface area contributed by atoms with Crippen LogP contribution in [0.1, 0.15) is 59.5 Å². The first-order valence-corrected chi connectivity index (χ1v) is 8.97. The molecule has 2 unspecified atom stereocenters. The minimum Gasteiger partial charge on any atom is -0.462 e. The molecular weight excluding hydrogens is 314 g/mol. The van der Waals surface area contributed by atoms with E-state index >= 15 is 0 Å². The fourth-order valence-electron chi connectivity index (χ4n) is 2.66. The van der Waals surface area contributed by atoms with Crippen LogP contribution in [-0.4, -0.2) is 36.6 Å². The van der Waals surface area contributed by atoms with Crippen molar-refractivity contribution in [3.8, 4) is 0 Å². The molecule has 2 heterocycles. The number of aryl methyl sites for hydroxylation is 1. The molecule has 2 rings (SSSR count). The van der Waals surface area contributed by atoms with E-state index in [1.165, 1.54) is 11.3 Å². The summed E-state index contributed by atoms with van der Waals surface area (Å²) in [6.45, 7) is 7.86. The fraction of sp³-hybridized carbons (Fsp3) is 0.688. The van der Waals surface area contributed by atoms with Gasteiger partial charge < -0.3 is 15.4 Å². The standard InChI is InChI=1S/C16H25N3O3S/c1-4-22-16(21)14-10(2)19-15(23-14)11(3)18-13(20)6-5-12-7-8-17-9-12/h11-12,17H,4-9H2,1-3H3,(H,18,20). The third-order valence-corrected chi connectivity index (χ3v) is 5.28. The van der Waals surface area contributed by atoms with Crippen molar-refractivity contribution in [3.05, 3.63) is 15.6 Å². The lowest BCUT2D eigenvalue weighted by Crippen LogP contribution is -2.27. The number of amides is 1. The van der Waals surface area contributed by atoms with Crippen molar-refractivity contribution in [2.75, 3.05) is 19.7 Å². The van der Waals surface area contributed by atoms with E-state index in [-0.39, 0.29) is 17.9 Å². The Morgan fingerprint density at radius 2 is 2.30 bits per heavy atom. The van der Waals surface area contributed by atoms with Crippen molar-refractivity contribution in [3.63, 3.8) is 0 Å². The van der Waals surface area contributed by atoms with Crippen LogP contribution in [0.5, 0.6) is 0 Å². The van der Waals surface area contributed by atoms with E-state index in [0.29, 0.717) is 29.5 Å². The Kier molecular flexibility index (Phi) is 6.53. The van der Waals surface area contributed by atoms with E-state index < -0.39 is 0 Å². The summed E-state index contributed by atoms with van der Waals surface area (Å²) >= 11 is 1.29. The number of rotatable bonds is 7. The maximum Gasteiger partial charge on any atom is 0.350 e. The zero-order valence-electron chi connectivity index (χ0n) is 14.0. The Balaban J connectivity index is 1.87. The predicted octanol–water partition coefficient (Wildman–Crippen LogP) is 2.20. The summed E-state index contributed by atoms with van der Waals surface area (Å²) < 4.78 is 5.02. The van der Waals surface area contributed by atoms with Crippen LogP contribution in [0.15, 0.2) is 0 Å². The highest BCUT2D eigenvalue weighted by Crippen LogP contribution is 2.24. The zero-order chi connectivity index (χ0) is 16.8. The topological polar surface area (TPSA) is 80.3 Å². The summed E-state index contributed by atoms with van der Waals surface area (Å²) in [5.41, 5.74) is 0.654. The van der Waals surface area contributed by atoms with E-state index in [0.717, 1.165) is 30.9 Å². The highest BCUT2D eigenvalue weighted by atomic mass is 32.1. The Hall–Kier alpha value is -1.47. The number of hydrogen-bond acceptors (Lipinski definition) is 6. The maximum absolute atomic E-state index is 12.1. The van der Waals surface area contributed by atoms with Crippen molar-refractivity contribution in [2.24, 2.45) is 5.92 Å². The lowest BCUT2D eigenvalue weighted by molar-refractivity contribution is -0.122. The van der Waals surface area contributed by atoms with Gasteiger partial charge in [0.05, 0.1) is 18.3 Å². The van der Waals surface area contributed by atoms with E-state index in [2.05, 4.69) is 15.6 Å². The summed E-state index contributed by atoms with van der Waals surface area (Å²) in [5.74, 6) is 0.296. The molecule has 1 aromatic heterocycles. The van der Waals surface area contributed by atoms with Crippen LogP contribution in [0.25, 0.3) is 0 Å². The normalized spacial score (nSPS) is 18.7. The second kappa shape index (κ2) is 8.40. The molecule has 1 aliphatic heterocycles. The number of nitrogens with one attached hydrogen (secondary N) is 2. The summed E-state index contributed by atoms with van der Waals surface area (Å²) in [6, 6.07) is -0.198. The molecule has 1 amide bonds. The Labute approximate surface area is 141 Å². The van der Waals surface area contributed by atoms with Gasteiger partial charge >= 0.3 is 5.97 Å². The molecule has 2 atom stereocenters. The summed E-state index contributed by atoms with van der Waals surface area (Å²) in [7, 11) is 0. The van der Waals surface area contributed by atoms with Gasteiger partial charge in [-0.05, 0) is 52.6 Å². The molecule has 0 aliphatic carbocycles. The van der Waals surface area contributed by atoms with Crippen LogP contribution < -0.4 is 10.6 Å². The molecule has 2 N–H and O–H groups in total. The highest BCUT2D eigenvalue weighted by molar-refractivity contribution is 7.13. The molecule has 0 radical (unpaired) electrons. The lowest BCUT2D eigenvalue weighted by atomic mass is 10.0. The fourth-order valence-corrected chi connectivity index (χ4v) is 3.62. The molecule has 7 heteroatoms. The van der Waals surface area contributed by atoms with Crippen molar-refractivity contribution in [1.82, 2.24) is 15.6 Å². The van der Waals surface area contributed by atoms with Crippen LogP contribution in [0.3, 0.4) is 0 Å². The Morgan fingerprint density at radius 3 is 2.96 bits per heavy atom. The molecule has 23 heavy (non-hydrogen) atoms. The first kappa shape index (κ1) is 17.9. The van der Waals surface area contributed by atoms with Crippen LogP contribution in [-0.2, 0) is 9.53 Å². The smallest absolute Gasteiger partial charge is 0.350 e. The molecule has 6 nitrogen and oxygen atoms in total. The third kappa shape index (κ3) is 5.00. The van der Waals surface area contributed by atoms with Gasteiger partial charge in [0, 0.05) is 6.42 Å². The molecule has 0 aromatic carbocycles. The van der Waals surface area contributed by atoms with Gasteiger partial charge in [-0.15, -0.1) is 11.3 Å². The van der Waals surface area contributed by atoms with Crippen LogP contribution >= 0.6 is 11.3 Å². The monoisotopic (exact) mass is 339 g/mol. The number of carbonyl (C=O) groups is 2. The lowest BCUT2D eigenvalue weighted by Gasteiger charge is -2.12. The van der Waals surface area contributed by atoms with Gasteiger partial charge in [-0.25, -0.2) is 9.78 Å². The predicted molar refractivity (Wildman–Crippen MR) is 89.6 cm³/mol. The minimum absolute atomic E-state index is 0.0370. The maximum atomic E-state index is 12.1. The average Bonchev–Trinajstić information content (AvgIpc) is 3.14. The number of thiazole rings is 1. The summed E-state index contributed by atoms with van der Waals surface area (Å²) in [5, 5.41) is 7.01. The molecule has 0 bridgehead atoms. The van der Waals surface area contributed by atoms with Crippen molar-refractivity contribution in [2.45, 2.75) is 46.1 Å². The second-order valence-corrected chi connectivity index (χ2v) is 6.90. The molecule has 0 saturated carbocycles. The molecule has 1 aliphatic rings. The molecular formula is C16H25N3O3S. The van der Waals surface area contributed by atoms with E-state index in [4.69, 9.17) is 4.74 Å². The number of hydrogen-bond donors (Lipinski definition) is 2. The number of nitrogens with zero attached hydrogens (tertiary/aromatic N) is 1. The van der Waals surface area contributed by atoms with Gasteiger partial charge in [0.25, 0.3) is 0 Å². The highest BCUT2D eigenvalue weighted by Gasteiger charge is 2.21. The zero-order valence-corrected chi connectivity index (χ0v) is 14.8. The van der Waals surface area contributed by atoms with Gasteiger partial charge in [0.2, 0.25) is 5.91 Å². The van der Waals surface area contributed by atoms with E-state index in [1.807, 2.05) is 6.92 Å². The van der Waals surface area contributed by atoms with Gasteiger partial charge in [0.15, 0.2) is 0 Å². The summed E-state index contributed by atoms with van der Waals surface area (Å²) in [6.07, 6.45) is 2.60. The molecule has 1 saturated heterocycles. The van der Waals surface area contributed by atoms with Crippen LogP contribution in [0.2, 0.25) is 0 Å². The van der Waals surface area contributed by atoms with E-state index in [1.54, 1.807) is 13.8 Å². The number of carbonyl (C=O) groups excluding carboxylic acids is 2. The van der Waals surface area contributed by atoms with Crippen molar-refractivity contribution < 1.29 is 14.3 Å². The number of ether oxygens (including phenoxy) is 1. The molecule has 1 aromatic rings. The Bertz CT molecular complexity index is 553.